The first kappa shape index (κ1) is 11.2. The zero-order chi connectivity index (χ0) is 11.5. The molecule has 1 aliphatic rings. The number of hydrogen-bond acceptors (Lipinski definition) is 3. The lowest BCUT2D eigenvalue weighted by Crippen LogP contribution is -2.21. The van der Waals surface area contributed by atoms with E-state index in [1.165, 1.54) is 16.8 Å². The molecule has 1 N–H and O–H groups in total. The molecule has 0 aromatic carbocycles. The highest BCUT2D eigenvalue weighted by molar-refractivity contribution is 5.29. The Kier molecular flexibility index (Phi) is 3.29. The molecule has 16 heavy (non-hydrogen) atoms. The standard InChI is InChI=1S/C12H19N3O/c1-9-11(7-14-15(9)3)12(13-2)10-5-4-6-16-8-10/h7-8,12-13H,4-6H2,1-3H3. The molecule has 2 heterocycles. The Morgan fingerprint density at radius 3 is 2.88 bits per heavy atom. The Hall–Kier alpha value is -1.29. The van der Waals surface area contributed by atoms with E-state index in [2.05, 4.69) is 17.3 Å². The SMILES string of the molecule is CNC(C1=COCCC1)c1cnn(C)c1C. The van der Waals surface area contributed by atoms with E-state index in [-0.39, 0.29) is 6.04 Å². The van der Waals surface area contributed by atoms with Gasteiger partial charge in [0.25, 0.3) is 0 Å². The van der Waals surface area contributed by atoms with Crippen molar-refractivity contribution in [1.82, 2.24) is 15.1 Å². The number of nitrogens with one attached hydrogen (secondary N) is 1. The molecule has 1 aromatic rings. The molecular weight excluding hydrogens is 202 g/mol. The second-order valence-corrected chi connectivity index (χ2v) is 4.20. The number of hydrogen-bond donors (Lipinski definition) is 1. The van der Waals surface area contributed by atoms with Crippen molar-refractivity contribution in [2.45, 2.75) is 25.8 Å². The van der Waals surface area contributed by atoms with Crippen molar-refractivity contribution in [3.63, 3.8) is 0 Å². The van der Waals surface area contributed by atoms with Crippen molar-refractivity contribution in [2.24, 2.45) is 7.05 Å². The van der Waals surface area contributed by atoms with Gasteiger partial charge >= 0.3 is 0 Å². The largest absolute Gasteiger partial charge is 0.501 e. The predicted molar refractivity (Wildman–Crippen MR) is 63.0 cm³/mol. The third kappa shape index (κ3) is 1.97. The fourth-order valence-electron chi connectivity index (χ4n) is 2.14. The molecule has 0 amide bonds. The van der Waals surface area contributed by atoms with Crippen molar-refractivity contribution in [3.8, 4) is 0 Å². The van der Waals surface area contributed by atoms with E-state index in [4.69, 9.17) is 4.74 Å². The van der Waals surface area contributed by atoms with E-state index >= 15 is 0 Å². The van der Waals surface area contributed by atoms with Crippen molar-refractivity contribution in [1.29, 1.82) is 0 Å². The number of aromatic nitrogens is 2. The molecule has 0 bridgehead atoms. The Morgan fingerprint density at radius 2 is 2.38 bits per heavy atom. The van der Waals surface area contributed by atoms with E-state index in [0.29, 0.717) is 0 Å². The summed E-state index contributed by atoms with van der Waals surface area (Å²) < 4.78 is 7.31. The molecule has 0 spiro atoms. The summed E-state index contributed by atoms with van der Waals surface area (Å²) in [6, 6.07) is 0.231. The number of ether oxygens (including phenoxy) is 1. The molecule has 0 saturated carbocycles. The van der Waals surface area contributed by atoms with Crippen LogP contribution in [0.1, 0.15) is 30.1 Å². The molecule has 1 unspecified atom stereocenters. The van der Waals surface area contributed by atoms with Gasteiger partial charge in [0.15, 0.2) is 0 Å². The molecule has 2 rings (SSSR count). The smallest absolute Gasteiger partial charge is 0.0876 e. The van der Waals surface area contributed by atoms with E-state index in [9.17, 15) is 0 Å². The molecule has 88 valence electrons. The van der Waals surface area contributed by atoms with Gasteiger partial charge in [-0.25, -0.2) is 0 Å². The van der Waals surface area contributed by atoms with E-state index in [0.717, 1.165) is 19.4 Å². The van der Waals surface area contributed by atoms with Crippen molar-refractivity contribution < 1.29 is 4.74 Å². The summed E-state index contributed by atoms with van der Waals surface area (Å²) in [7, 11) is 3.95. The van der Waals surface area contributed by atoms with Gasteiger partial charge in [0, 0.05) is 18.3 Å². The Balaban J connectivity index is 2.28. The molecule has 1 atom stereocenters. The van der Waals surface area contributed by atoms with E-state index in [1.54, 1.807) is 0 Å². The van der Waals surface area contributed by atoms with Crippen LogP contribution in [0.2, 0.25) is 0 Å². The average molecular weight is 221 g/mol. The third-order valence-electron chi connectivity index (χ3n) is 3.21. The number of likely N-dealkylation sites (N-methyl/N-ethyl adjacent to an activating group) is 1. The Labute approximate surface area is 96.3 Å². The summed E-state index contributed by atoms with van der Waals surface area (Å²) in [5, 5.41) is 7.63. The lowest BCUT2D eigenvalue weighted by Gasteiger charge is -2.22. The lowest BCUT2D eigenvalue weighted by atomic mass is 9.96. The van der Waals surface area contributed by atoms with Crippen LogP contribution in [0.25, 0.3) is 0 Å². The molecule has 0 saturated heterocycles. The number of rotatable bonds is 3. The Bertz CT molecular complexity index is 395. The quantitative estimate of drug-likeness (QED) is 0.844. The van der Waals surface area contributed by atoms with Crippen LogP contribution in [0.3, 0.4) is 0 Å². The third-order valence-corrected chi connectivity index (χ3v) is 3.21. The molecule has 1 aromatic heterocycles. The zero-order valence-corrected chi connectivity index (χ0v) is 10.2. The molecular formula is C12H19N3O. The van der Waals surface area contributed by atoms with Crippen LogP contribution in [-0.4, -0.2) is 23.4 Å². The summed E-state index contributed by atoms with van der Waals surface area (Å²) in [6.07, 6.45) is 6.03. The van der Waals surface area contributed by atoms with Crippen molar-refractivity contribution in [3.05, 3.63) is 29.3 Å². The highest BCUT2D eigenvalue weighted by Gasteiger charge is 2.20. The van der Waals surface area contributed by atoms with Gasteiger partial charge in [0.1, 0.15) is 0 Å². The average Bonchev–Trinajstić information content (AvgIpc) is 2.64. The van der Waals surface area contributed by atoms with Gasteiger partial charge in [-0.15, -0.1) is 0 Å². The monoisotopic (exact) mass is 221 g/mol. The Morgan fingerprint density at radius 1 is 1.56 bits per heavy atom. The van der Waals surface area contributed by atoms with Crippen LogP contribution >= 0.6 is 0 Å². The summed E-state index contributed by atoms with van der Waals surface area (Å²) >= 11 is 0. The van der Waals surface area contributed by atoms with Crippen LogP contribution in [-0.2, 0) is 11.8 Å². The number of aryl methyl sites for hydroxylation is 1. The van der Waals surface area contributed by atoms with E-state index < -0.39 is 0 Å². The van der Waals surface area contributed by atoms with Gasteiger partial charge in [-0.1, -0.05) is 0 Å². The molecule has 0 fully saturated rings. The van der Waals surface area contributed by atoms with Gasteiger partial charge in [-0.2, -0.15) is 5.10 Å². The zero-order valence-electron chi connectivity index (χ0n) is 10.2. The molecule has 0 aliphatic carbocycles. The first-order valence-corrected chi connectivity index (χ1v) is 5.70. The van der Waals surface area contributed by atoms with Crippen molar-refractivity contribution in [2.75, 3.05) is 13.7 Å². The predicted octanol–water partition coefficient (Wildman–Crippen LogP) is 1.68. The van der Waals surface area contributed by atoms with Gasteiger partial charge in [0.05, 0.1) is 25.1 Å². The minimum atomic E-state index is 0.231. The normalized spacial score (nSPS) is 17.8. The van der Waals surface area contributed by atoms with E-state index in [1.807, 2.05) is 31.2 Å². The maximum Gasteiger partial charge on any atom is 0.0876 e. The number of nitrogens with zero attached hydrogens (tertiary/aromatic N) is 2. The van der Waals surface area contributed by atoms with Crippen LogP contribution in [0.5, 0.6) is 0 Å². The topological polar surface area (TPSA) is 39.1 Å². The minimum Gasteiger partial charge on any atom is -0.501 e. The second-order valence-electron chi connectivity index (χ2n) is 4.20. The fourth-order valence-corrected chi connectivity index (χ4v) is 2.14. The molecule has 0 radical (unpaired) electrons. The minimum absolute atomic E-state index is 0.231. The summed E-state index contributed by atoms with van der Waals surface area (Å²) in [4.78, 5) is 0. The highest BCUT2D eigenvalue weighted by atomic mass is 16.5. The van der Waals surface area contributed by atoms with Gasteiger partial charge < -0.3 is 10.1 Å². The van der Waals surface area contributed by atoms with Crippen LogP contribution in [0.4, 0.5) is 0 Å². The van der Waals surface area contributed by atoms with Gasteiger partial charge in [-0.05, 0) is 32.4 Å². The second kappa shape index (κ2) is 4.70. The summed E-state index contributed by atoms with van der Waals surface area (Å²) in [5.41, 5.74) is 3.75. The van der Waals surface area contributed by atoms with Gasteiger partial charge in [0.2, 0.25) is 0 Å². The lowest BCUT2D eigenvalue weighted by molar-refractivity contribution is 0.220. The fraction of sp³-hybridized carbons (Fsp3) is 0.583. The van der Waals surface area contributed by atoms with Crippen LogP contribution in [0, 0.1) is 6.92 Å². The maximum absolute atomic E-state index is 5.40. The summed E-state index contributed by atoms with van der Waals surface area (Å²) in [6.45, 7) is 2.93. The molecule has 4 heteroatoms. The molecule has 4 nitrogen and oxygen atoms in total. The first-order chi connectivity index (χ1) is 7.74. The van der Waals surface area contributed by atoms with Crippen LogP contribution < -0.4 is 5.32 Å². The van der Waals surface area contributed by atoms with Crippen molar-refractivity contribution >= 4 is 0 Å². The highest BCUT2D eigenvalue weighted by Crippen LogP contribution is 2.28. The maximum atomic E-state index is 5.40. The van der Waals surface area contributed by atoms with Crippen LogP contribution in [0.15, 0.2) is 18.0 Å². The first-order valence-electron chi connectivity index (χ1n) is 5.70. The van der Waals surface area contributed by atoms with Gasteiger partial charge in [-0.3, -0.25) is 4.68 Å². The summed E-state index contributed by atoms with van der Waals surface area (Å²) in [5.74, 6) is 0. The molecule has 1 aliphatic heterocycles.